The molecule has 0 aliphatic carbocycles. The zero-order valence-corrected chi connectivity index (χ0v) is 25.8. The van der Waals surface area contributed by atoms with Gasteiger partial charge in [-0.1, -0.05) is 112 Å². The van der Waals surface area contributed by atoms with E-state index < -0.39 is 11.8 Å². The largest absolute Gasteiger partial charge is 0.454 e. The molecule has 0 aliphatic heterocycles. The van der Waals surface area contributed by atoms with Gasteiger partial charge in [-0.25, -0.2) is 4.57 Å². The van der Waals surface area contributed by atoms with Crippen molar-refractivity contribution in [3.63, 3.8) is 0 Å². The number of hydrogen-bond donors (Lipinski definition) is 0. The van der Waals surface area contributed by atoms with Crippen LogP contribution in [0.3, 0.4) is 0 Å². The molecule has 0 saturated carbocycles. The lowest BCUT2D eigenvalue weighted by Crippen LogP contribution is -2.30. The first-order valence-electron chi connectivity index (χ1n) is 16.3. The van der Waals surface area contributed by atoms with Gasteiger partial charge >= 0.3 is 0 Å². The number of furan rings is 1. The van der Waals surface area contributed by atoms with E-state index in [1.807, 2.05) is 45.0 Å². The van der Waals surface area contributed by atoms with Gasteiger partial charge in [0.2, 0.25) is 5.69 Å². The Balaban J connectivity index is 1.36. The Morgan fingerprint density at radius 3 is 1.89 bits per heavy atom. The third kappa shape index (κ3) is 4.20. The molecule has 0 unspecified atom stereocenters. The molecule has 44 heavy (non-hydrogen) atoms. The predicted molar refractivity (Wildman–Crippen MR) is 186 cm³/mol. The van der Waals surface area contributed by atoms with Crippen LogP contribution in [0.25, 0.3) is 76.6 Å². The molecule has 0 spiro atoms. The van der Waals surface area contributed by atoms with E-state index >= 15 is 0 Å². The molecule has 2 heterocycles. The molecule has 214 valence electrons. The highest BCUT2D eigenvalue weighted by Gasteiger charge is 2.23. The lowest BCUT2D eigenvalue weighted by atomic mass is 9.87. The monoisotopic (exact) mass is 572 g/mol. The SMILES string of the molecule is [2H]C([2H])(c1ccc(-c2cc[n+](C)c(-c3c(C)ccc4c3oc3c4ccc4c5ccccc5c5ccccc5c43)c2)cc1)C(C)(C)C. The molecule has 2 heteroatoms. The number of rotatable bonds is 3. The third-order valence-corrected chi connectivity index (χ3v) is 8.87. The zero-order valence-electron chi connectivity index (χ0n) is 27.8. The molecular formula is C42H36NO+. The van der Waals surface area contributed by atoms with Crippen molar-refractivity contribution < 1.29 is 11.7 Å². The highest BCUT2D eigenvalue weighted by atomic mass is 16.3. The second kappa shape index (κ2) is 9.79. The Kier molecular flexibility index (Phi) is 5.45. The minimum atomic E-state index is -1.43. The molecule has 0 saturated heterocycles. The molecule has 0 bridgehead atoms. The molecule has 0 N–H and O–H groups in total. The third-order valence-electron chi connectivity index (χ3n) is 8.87. The fourth-order valence-electron chi connectivity index (χ4n) is 6.88. The summed E-state index contributed by atoms with van der Waals surface area (Å²) in [6, 6.07) is 38.4. The first-order valence-corrected chi connectivity index (χ1v) is 15.3. The highest BCUT2D eigenvalue weighted by molar-refractivity contribution is 6.32. The topological polar surface area (TPSA) is 17.0 Å². The summed E-state index contributed by atoms with van der Waals surface area (Å²) in [5.74, 6) is 0. The summed E-state index contributed by atoms with van der Waals surface area (Å²) in [6.45, 7) is 7.98. The van der Waals surface area contributed by atoms with Crippen molar-refractivity contribution in [1.82, 2.24) is 0 Å². The molecule has 0 amide bonds. The van der Waals surface area contributed by atoms with Crippen molar-refractivity contribution in [3.8, 4) is 22.4 Å². The van der Waals surface area contributed by atoms with Gasteiger partial charge in [-0.15, -0.1) is 0 Å². The van der Waals surface area contributed by atoms with Crippen LogP contribution in [-0.4, -0.2) is 0 Å². The van der Waals surface area contributed by atoms with E-state index in [1.54, 1.807) is 0 Å². The van der Waals surface area contributed by atoms with E-state index in [1.165, 1.54) is 26.9 Å². The molecule has 0 atom stereocenters. The number of nitrogens with zero attached hydrogens (tertiary/aromatic N) is 1. The van der Waals surface area contributed by atoms with Gasteiger partial charge in [0.1, 0.15) is 18.2 Å². The Morgan fingerprint density at radius 2 is 1.20 bits per heavy atom. The van der Waals surface area contributed by atoms with E-state index in [-0.39, 0.29) is 0 Å². The van der Waals surface area contributed by atoms with Crippen molar-refractivity contribution in [1.29, 1.82) is 0 Å². The van der Waals surface area contributed by atoms with Crippen LogP contribution >= 0.6 is 0 Å². The van der Waals surface area contributed by atoms with Crippen LogP contribution in [0.2, 0.25) is 0 Å². The van der Waals surface area contributed by atoms with Crippen molar-refractivity contribution in [2.75, 3.05) is 0 Å². The van der Waals surface area contributed by atoms with Crippen molar-refractivity contribution in [2.45, 2.75) is 34.1 Å². The summed E-state index contributed by atoms with van der Waals surface area (Å²) < 4.78 is 26.6. The summed E-state index contributed by atoms with van der Waals surface area (Å²) in [5.41, 5.74) is 7.42. The van der Waals surface area contributed by atoms with Gasteiger partial charge in [-0.2, -0.15) is 0 Å². The van der Waals surface area contributed by atoms with E-state index in [9.17, 15) is 0 Å². The molecule has 2 aromatic heterocycles. The first-order chi connectivity index (χ1) is 22.0. The smallest absolute Gasteiger partial charge is 0.216 e. The summed E-state index contributed by atoms with van der Waals surface area (Å²) in [7, 11) is 2.08. The van der Waals surface area contributed by atoms with Gasteiger partial charge in [-0.05, 0) is 74.0 Å². The van der Waals surface area contributed by atoms with Crippen LogP contribution < -0.4 is 4.57 Å². The van der Waals surface area contributed by atoms with Gasteiger partial charge in [-0.3, -0.25) is 0 Å². The molecule has 6 aromatic carbocycles. The van der Waals surface area contributed by atoms with Gasteiger partial charge in [0.15, 0.2) is 6.20 Å². The Bertz CT molecular complexity index is 2460. The number of hydrogen-bond acceptors (Lipinski definition) is 1. The lowest BCUT2D eigenvalue weighted by molar-refractivity contribution is -0.660. The van der Waals surface area contributed by atoms with Crippen LogP contribution in [0.4, 0.5) is 0 Å². The number of benzene rings is 6. The highest BCUT2D eigenvalue weighted by Crippen LogP contribution is 2.44. The van der Waals surface area contributed by atoms with E-state index in [0.717, 1.165) is 55.3 Å². The first kappa shape index (κ1) is 24.5. The summed E-state index contributed by atoms with van der Waals surface area (Å²) in [4.78, 5) is 0. The summed E-state index contributed by atoms with van der Waals surface area (Å²) in [6.07, 6.45) is 0.665. The van der Waals surface area contributed by atoms with Crippen LogP contribution in [0.5, 0.6) is 0 Å². The molecule has 0 fully saturated rings. The van der Waals surface area contributed by atoms with E-state index in [4.69, 9.17) is 7.16 Å². The van der Waals surface area contributed by atoms with Gasteiger partial charge < -0.3 is 4.42 Å². The normalized spacial score (nSPS) is 13.3. The Labute approximate surface area is 261 Å². The summed E-state index contributed by atoms with van der Waals surface area (Å²) in [5, 5.41) is 9.49. The van der Waals surface area contributed by atoms with Crippen molar-refractivity contribution in [3.05, 3.63) is 127 Å². The summed E-state index contributed by atoms with van der Waals surface area (Å²) >= 11 is 0. The van der Waals surface area contributed by atoms with Crippen LogP contribution in [0.15, 0.2) is 120 Å². The molecule has 8 rings (SSSR count). The standard InChI is InChI=1S/C42H36NO/c1-26-14-19-35-36-21-20-34-32-12-7-6-10-30(32)31-11-8-9-13-33(31)39(34)41(36)44-40(35)38(26)37-24-29(22-23-43(37)5)28-17-15-27(16-18-28)25-42(2,3)4/h6-24H,25H2,1-5H3/q+1/i25D2. The second-order valence-corrected chi connectivity index (χ2v) is 13.1. The quantitative estimate of drug-likeness (QED) is 0.152. The van der Waals surface area contributed by atoms with Gasteiger partial charge in [0.05, 0.1) is 5.56 Å². The van der Waals surface area contributed by atoms with Gasteiger partial charge in [0.25, 0.3) is 0 Å². The Hall–Kier alpha value is -4.95. The maximum atomic E-state index is 8.70. The van der Waals surface area contributed by atoms with Crippen LogP contribution in [-0.2, 0) is 13.4 Å². The molecule has 0 radical (unpaired) electrons. The van der Waals surface area contributed by atoms with E-state index in [0.29, 0.717) is 5.56 Å². The van der Waals surface area contributed by atoms with Crippen LogP contribution in [0, 0.1) is 12.3 Å². The lowest BCUT2D eigenvalue weighted by Gasteiger charge is -2.18. The van der Waals surface area contributed by atoms with Gasteiger partial charge in [0, 0.05) is 31.0 Å². The number of aromatic nitrogens is 1. The van der Waals surface area contributed by atoms with Crippen molar-refractivity contribution >= 4 is 54.3 Å². The fraction of sp³-hybridized carbons (Fsp3) is 0.167. The predicted octanol–water partition coefficient (Wildman–Crippen LogP) is 11.1. The average Bonchev–Trinajstić information content (AvgIpc) is 3.43. The van der Waals surface area contributed by atoms with Crippen molar-refractivity contribution in [2.24, 2.45) is 12.5 Å². The number of pyridine rings is 1. The minimum Gasteiger partial charge on any atom is -0.454 e. The molecule has 2 nitrogen and oxygen atoms in total. The minimum absolute atomic E-state index is 0.504. The maximum absolute atomic E-state index is 8.70. The number of aryl methyl sites for hydroxylation is 2. The molecular weight excluding hydrogens is 534 g/mol. The van der Waals surface area contributed by atoms with Crippen LogP contribution in [0.1, 0.15) is 34.6 Å². The fourth-order valence-corrected chi connectivity index (χ4v) is 6.88. The van der Waals surface area contributed by atoms with E-state index in [2.05, 4.69) is 110 Å². The number of fused-ring (bicyclic) bond motifs is 10. The average molecular weight is 573 g/mol. The zero-order chi connectivity index (χ0) is 32.0. The molecule has 8 aromatic rings. The molecule has 0 aliphatic rings. The maximum Gasteiger partial charge on any atom is 0.216 e. The second-order valence-electron chi connectivity index (χ2n) is 13.1. The Morgan fingerprint density at radius 1 is 0.636 bits per heavy atom.